The van der Waals surface area contributed by atoms with Crippen LogP contribution in [0.3, 0.4) is 0 Å². The van der Waals surface area contributed by atoms with Crippen molar-refractivity contribution in [2.24, 2.45) is 0 Å². The first-order valence-electron chi connectivity index (χ1n) is 16.7. The average molecular weight is 670 g/mol. The fourth-order valence-corrected chi connectivity index (χ4v) is 5.07. The highest BCUT2D eigenvalue weighted by Gasteiger charge is 2.33. The standard InChI is InChI=1S/C32H51N3O12/c36-25(15-13-11-9-7-5-3-1-2-4-6-8-10-12-14-16-29(40)41)33-23(31(43)44)17-19-26(37)34-24(32(45)46)18-22-30(42)47-35-27(38)20-21-28(35)39/h23-24H,1-22H2,(H,33,36)(H,34,37)(H,40,41)(H,43,44)(H,45,46)/t23-,24-/m0/s1. The van der Waals surface area contributed by atoms with E-state index in [1.54, 1.807) is 0 Å². The first-order valence-corrected chi connectivity index (χ1v) is 16.7. The Hall–Kier alpha value is -4.04. The van der Waals surface area contributed by atoms with Gasteiger partial charge in [-0.3, -0.25) is 24.0 Å². The molecule has 266 valence electrons. The number of nitrogens with one attached hydrogen (secondary N) is 2. The number of unbranched alkanes of at least 4 members (excludes halogenated alkanes) is 13. The molecule has 1 aliphatic rings. The molecule has 47 heavy (non-hydrogen) atoms. The van der Waals surface area contributed by atoms with Crippen molar-refractivity contribution in [2.45, 2.75) is 153 Å². The van der Waals surface area contributed by atoms with Crippen LogP contribution in [0.2, 0.25) is 0 Å². The predicted molar refractivity (Wildman–Crippen MR) is 166 cm³/mol. The number of hydrogen-bond donors (Lipinski definition) is 5. The largest absolute Gasteiger partial charge is 0.481 e. The minimum Gasteiger partial charge on any atom is -0.481 e. The maximum Gasteiger partial charge on any atom is 0.333 e. The Kier molecular flexibility index (Phi) is 21.1. The number of carbonyl (C=O) groups excluding carboxylic acids is 5. The van der Waals surface area contributed by atoms with E-state index in [-0.39, 0.29) is 32.1 Å². The molecule has 0 aliphatic carbocycles. The zero-order valence-corrected chi connectivity index (χ0v) is 27.2. The van der Waals surface area contributed by atoms with Crippen molar-refractivity contribution in [1.82, 2.24) is 15.7 Å². The van der Waals surface area contributed by atoms with E-state index in [0.29, 0.717) is 11.5 Å². The third kappa shape index (κ3) is 19.9. The summed E-state index contributed by atoms with van der Waals surface area (Å²) in [5.41, 5.74) is 0. The highest BCUT2D eigenvalue weighted by Crippen LogP contribution is 2.15. The minimum absolute atomic E-state index is 0.0949. The van der Waals surface area contributed by atoms with E-state index in [4.69, 9.17) is 5.11 Å². The van der Waals surface area contributed by atoms with Crippen LogP contribution in [0.4, 0.5) is 0 Å². The van der Waals surface area contributed by atoms with Crippen LogP contribution in [0, 0.1) is 0 Å². The van der Waals surface area contributed by atoms with Gasteiger partial charge in [0, 0.05) is 32.1 Å². The highest BCUT2D eigenvalue weighted by atomic mass is 16.7. The molecule has 0 aromatic carbocycles. The minimum atomic E-state index is -1.50. The SMILES string of the molecule is O=C(O)CCCCCCCCCCCCCCCCC(=O)N[C@@H](CCC(=O)N[C@@H](CCC(=O)ON1C(=O)CCC1=O)C(=O)O)C(=O)O. The first kappa shape index (κ1) is 41.0. The lowest BCUT2D eigenvalue weighted by atomic mass is 10.0. The molecule has 0 unspecified atom stereocenters. The van der Waals surface area contributed by atoms with Gasteiger partial charge in [0.15, 0.2) is 0 Å². The Labute approximate surface area is 275 Å². The number of imide groups is 1. The average Bonchev–Trinajstić information content (AvgIpc) is 3.32. The molecule has 1 rings (SSSR count). The number of hydroxylamine groups is 2. The summed E-state index contributed by atoms with van der Waals surface area (Å²) in [7, 11) is 0. The van der Waals surface area contributed by atoms with Crippen molar-refractivity contribution in [3.05, 3.63) is 0 Å². The van der Waals surface area contributed by atoms with E-state index in [9.17, 15) is 48.6 Å². The molecule has 0 aromatic rings. The zero-order chi connectivity index (χ0) is 35.0. The molecular formula is C32H51N3O12. The van der Waals surface area contributed by atoms with Crippen LogP contribution in [0.1, 0.15) is 141 Å². The Bertz CT molecular complexity index is 1050. The van der Waals surface area contributed by atoms with Crippen LogP contribution in [0.5, 0.6) is 0 Å². The summed E-state index contributed by atoms with van der Waals surface area (Å²) in [5.74, 6) is -7.13. The van der Waals surface area contributed by atoms with Crippen LogP contribution >= 0.6 is 0 Å². The molecule has 1 fully saturated rings. The number of hydrogen-bond acceptors (Lipinski definition) is 9. The molecule has 0 saturated carbocycles. The summed E-state index contributed by atoms with van der Waals surface area (Å²) in [4.78, 5) is 97.9. The van der Waals surface area contributed by atoms with Gasteiger partial charge in [0.1, 0.15) is 12.1 Å². The summed E-state index contributed by atoms with van der Waals surface area (Å²) >= 11 is 0. The predicted octanol–water partition coefficient (Wildman–Crippen LogP) is 3.62. The van der Waals surface area contributed by atoms with Crippen molar-refractivity contribution < 1.29 is 58.5 Å². The molecule has 1 heterocycles. The van der Waals surface area contributed by atoms with Crippen LogP contribution in [0.15, 0.2) is 0 Å². The molecule has 4 amide bonds. The molecule has 15 nitrogen and oxygen atoms in total. The lowest BCUT2D eigenvalue weighted by Gasteiger charge is -2.17. The van der Waals surface area contributed by atoms with E-state index < -0.39 is 78.9 Å². The molecular weight excluding hydrogens is 618 g/mol. The van der Waals surface area contributed by atoms with Gasteiger partial charge in [-0.1, -0.05) is 77.0 Å². The van der Waals surface area contributed by atoms with Crippen molar-refractivity contribution in [2.75, 3.05) is 0 Å². The highest BCUT2D eigenvalue weighted by molar-refractivity contribution is 6.01. The van der Waals surface area contributed by atoms with Gasteiger partial charge in [-0.2, -0.15) is 0 Å². The van der Waals surface area contributed by atoms with Crippen LogP contribution in [-0.2, 0) is 43.2 Å². The molecule has 0 aromatic heterocycles. The quantitative estimate of drug-likeness (QED) is 0.0594. The zero-order valence-electron chi connectivity index (χ0n) is 27.2. The van der Waals surface area contributed by atoms with Crippen LogP contribution < -0.4 is 10.6 Å². The van der Waals surface area contributed by atoms with E-state index in [0.717, 1.165) is 57.8 Å². The van der Waals surface area contributed by atoms with Gasteiger partial charge in [0.05, 0.1) is 6.42 Å². The van der Waals surface area contributed by atoms with Crippen LogP contribution in [-0.4, -0.2) is 80.0 Å². The molecule has 0 radical (unpaired) electrons. The normalized spacial score (nSPS) is 14.0. The summed E-state index contributed by atoms with van der Waals surface area (Å²) in [6.45, 7) is 0. The van der Waals surface area contributed by atoms with Gasteiger partial charge >= 0.3 is 23.9 Å². The van der Waals surface area contributed by atoms with E-state index in [1.165, 1.54) is 25.7 Å². The number of carbonyl (C=O) groups is 8. The van der Waals surface area contributed by atoms with Crippen molar-refractivity contribution >= 4 is 47.5 Å². The van der Waals surface area contributed by atoms with E-state index in [2.05, 4.69) is 15.5 Å². The lowest BCUT2D eigenvalue weighted by molar-refractivity contribution is -0.197. The Balaban J connectivity index is 2.16. The fraction of sp³-hybridized carbons (Fsp3) is 0.750. The van der Waals surface area contributed by atoms with Gasteiger partial charge in [-0.05, 0) is 25.7 Å². The monoisotopic (exact) mass is 669 g/mol. The number of carboxylic acid groups (broad SMARTS) is 3. The maximum atomic E-state index is 12.3. The van der Waals surface area contributed by atoms with Gasteiger partial charge in [0.2, 0.25) is 11.8 Å². The van der Waals surface area contributed by atoms with Gasteiger partial charge in [-0.15, -0.1) is 5.06 Å². The molecule has 1 aliphatic heterocycles. The number of carboxylic acids is 3. The second kappa shape index (κ2) is 24.2. The smallest absolute Gasteiger partial charge is 0.333 e. The number of aliphatic carboxylic acids is 3. The van der Waals surface area contributed by atoms with Crippen molar-refractivity contribution in [3.63, 3.8) is 0 Å². The molecule has 0 spiro atoms. The van der Waals surface area contributed by atoms with E-state index >= 15 is 0 Å². The second-order valence-electron chi connectivity index (χ2n) is 11.9. The summed E-state index contributed by atoms with van der Waals surface area (Å²) < 4.78 is 0. The Morgan fingerprint density at radius 3 is 1.32 bits per heavy atom. The Morgan fingerprint density at radius 2 is 0.915 bits per heavy atom. The number of amides is 4. The lowest BCUT2D eigenvalue weighted by Crippen LogP contribution is -2.44. The van der Waals surface area contributed by atoms with E-state index in [1.807, 2.05) is 0 Å². The number of nitrogens with zero attached hydrogens (tertiary/aromatic N) is 1. The molecule has 15 heteroatoms. The van der Waals surface area contributed by atoms with Crippen molar-refractivity contribution in [3.8, 4) is 0 Å². The molecule has 2 atom stereocenters. The third-order valence-electron chi connectivity index (χ3n) is 7.81. The fourth-order valence-electron chi connectivity index (χ4n) is 5.07. The molecule has 5 N–H and O–H groups in total. The summed E-state index contributed by atoms with van der Waals surface area (Å²) in [6, 6.07) is -2.84. The second-order valence-corrected chi connectivity index (χ2v) is 11.9. The number of rotatable bonds is 28. The Morgan fingerprint density at radius 1 is 0.553 bits per heavy atom. The summed E-state index contributed by atoms with van der Waals surface area (Å²) in [6.07, 6.45) is 13.2. The molecule has 1 saturated heterocycles. The van der Waals surface area contributed by atoms with Gasteiger partial charge in [-0.25, -0.2) is 14.4 Å². The molecule has 0 bridgehead atoms. The van der Waals surface area contributed by atoms with Gasteiger partial charge < -0.3 is 30.8 Å². The first-order chi connectivity index (χ1) is 22.4. The van der Waals surface area contributed by atoms with Crippen LogP contribution in [0.25, 0.3) is 0 Å². The van der Waals surface area contributed by atoms with Crippen molar-refractivity contribution in [1.29, 1.82) is 0 Å². The third-order valence-corrected chi connectivity index (χ3v) is 7.81. The summed E-state index contributed by atoms with van der Waals surface area (Å²) in [5, 5.41) is 32.4. The van der Waals surface area contributed by atoms with Gasteiger partial charge in [0.25, 0.3) is 11.8 Å². The topological polar surface area (TPSA) is 234 Å². The maximum absolute atomic E-state index is 12.3.